The molecule has 0 spiro atoms. The highest BCUT2D eigenvalue weighted by molar-refractivity contribution is 5.94. The fourth-order valence-electron chi connectivity index (χ4n) is 4.36. The van der Waals surface area contributed by atoms with Crippen LogP contribution in [0.15, 0.2) is 48.7 Å². The number of unbranched alkanes of at least 4 members (excludes halogenated alkanes) is 1. The summed E-state index contributed by atoms with van der Waals surface area (Å²) in [6, 6.07) is 12.4. The van der Waals surface area contributed by atoms with Crippen LogP contribution in [0.4, 0.5) is 10.1 Å². The second kappa shape index (κ2) is 9.12. The molecule has 2 aromatic carbocycles. The number of nitrogens with zero attached hydrogens (tertiary/aromatic N) is 3. The van der Waals surface area contributed by atoms with Gasteiger partial charge in [0.25, 0.3) is 0 Å². The topological polar surface area (TPSA) is 59.4 Å². The van der Waals surface area contributed by atoms with Gasteiger partial charge in [0.05, 0.1) is 18.0 Å². The Kier molecular flexibility index (Phi) is 5.90. The molecule has 0 saturated carbocycles. The fraction of sp³-hybridized carbons (Fsp3) is 0.360. The average Bonchev–Trinajstić information content (AvgIpc) is 3.22. The molecule has 5 rings (SSSR count). The molecule has 3 aromatic rings. The van der Waals surface area contributed by atoms with Crippen molar-refractivity contribution in [2.45, 2.75) is 38.6 Å². The number of anilines is 1. The van der Waals surface area contributed by atoms with Gasteiger partial charge in [-0.3, -0.25) is 9.69 Å². The summed E-state index contributed by atoms with van der Waals surface area (Å²) in [6.07, 6.45) is 6.37. The van der Waals surface area contributed by atoms with E-state index in [9.17, 15) is 9.18 Å². The lowest BCUT2D eigenvalue weighted by Gasteiger charge is -2.25. The summed E-state index contributed by atoms with van der Waals surface area (Å²) in [5.74, 6) is 0.642. The number of aromatic nitrogens is 2. The molecule has 2 aliphatic rings. The molecule has 1 amide bonds. The highest BCUT2D eigenvalue weighted by Gasteiger charge is 2.20. The van der Waals surface area contributed by atoms with Gasteiger partial charge in [0.1, 0.15) is 11.6 Å². The highest BCUT2D eigenvalue weighted by Crippen LogP contribution is 2.27. The summed E-state index contributed by atoms with van der Waals surface area (Å²) in [6.45, 7) is 3.57. The highest BCUT2D eigenvalue weighted by atomic mass is 19.1. The third-order valence-electron chi connectivity index (χ3n) is 6.14. The van der Waals surface area contributed by atoms with Crippen molar-refractivity contribution in [3.63, 3.8) is 0 Å². The van der Waals surface area contributed by atoms with Crippen molar-refractivity contribution in [3.8, 4) is 11.4 Å². The number of fused-ring (bicyclic) bond motifs is 2. The first-order chi connectivity index (χ1) is 15.6. The smallest absolute Gasteiger partial charge is 0.224 e. The van der Waals surface area contributed by atoms with E-state index >= 15 is 0 Å². The van der Waals surface area contributed by atoms with Crippen LogP contribution < -0.4 is 10.1 Å². The maximum atomic E-state index is 13.2. The predicted octanol–water partition coefficient (Wildman–Crippen LogP) is 4.11. The number of halogens is 1. The van der Waals surface area contributed by atoms with Crippen LogP contribution in [0.1, 0.15) is 36.1 Å². The van der Waals surface area contributed by atoms with Gasteiger partial charge in [0.15, 0.2) is 0 Å². The van der Waals surface area contributed by atoms with Crippen LogP contribution in [0, 0.1) is 5.82 Å². The molecule has 0 saturated heterocycles. The maximum Gasteiger partial charge on any atom is 0.224 e. The van der Waals surface area contributed by atoms with Crippen LogP contribution in [0.3, 0.4) is 0 Å². The molecular formula is C25H27FN4O2. The molecule has 0 fully saturated rings. The van der Waals surface area contributed by atoms with Crippen molar-refractivity contribution in [1.29, 1.82) is 0 Å². The fourth-order valence-corrected chi connectivity index (χ4v) is 4.36. The van der Waals surface area contributed by atoms with Crippen molar-refractivity contribution < 1.29 is 13.9 Å². The number of hydrogen-bond donors (Lipinski definition) is 1. The normalized spacial score (nSPS) is 15.7. The first-order valence-corrected chi connectivity index (χ1v) is 11.3. The number of carbonyl (C=O) groups is 1. The molecule has 32 heavy (non-hydrogen) atoms. The van der Waals surface area contributed by atoms with Gasteiger partial charge in [-0.2, -0.15) is 5.10 Å². The van der Waals surface area contributed by atoms with E-state index < -0.39 is 0 Å². The largest absolute Gasteiger partial charge is 0.494 e. The lowest BCUT2D eigenvalue weighted by Crippen LogP contribution is -2.31. The number of nitrogens with one attached hydrogen (secondary N) is 1. The zero-order valence-electron chi connectivity index (χ0n) is 18.0. The number of carbonyl (C=O) groups excluding carboxylic acids is 1. The molecule has 0 aliphatic carbocycles. The Balaban J connectivity index is 1.08. The van der Waals surface area contributed by atoms with Crippen LogP contribution in [-0.4, -0.2) is 40.3 Å². The second-order valence-corrected chi connectivity index (χ2v) is 8.47. The summed E-state index contributed by atoms with van der Waals surface area (Å²) < 4.78 is 20.9. The molecule has 3 heterocycles. The first kappa shape index (κ1) is 20.7. The molecule has 1 N–H and O–H groups in total. The Labute approximate surface area is 187 Å². The lowest BCUT2D eigenvalue weighted by atomic mass is 10.0. The van der Waals surface area contributed by atoms with E-state index in [1.165, 1.54) is 23.3 Å². The monoisotopic (exact) mass is 434 g/mol. The maximum absolute atomic E-state index is 13.2. The molecule has 6 nitrogen and oxygen atoms in total. The molecule has 0 bridgehead atoms. The quantitative estimate of drug-likeness (QED) is 0.569. The van der Waals surface area contributed by atoms with Crippen LogP contribution in [0.25, 0.3) is 5.69 Å². The second-order valence-electron chi connectivity index (χ2n) is 8.47. The van der Waals surface area contributed by atoms with Gasteiger partial charge >= 0.3 is 0 Å². The lowest BCUT2D eigenvalue weighted by molar-refractivity contribution is -0.116. The standard InChI is InChI=1S/C25H27FN4O2/c26-20-5-7-21(8-6-20)30-17-19-16-29(13-11-23(19)28-30)12-1-2-14-32-22-9-3-18-4-10-25(31)27-24(18)15-22/h3,5-9,15,17H,1-2,4,10-14,16H2,(H,27,31). The number of amides is 1. The third kappa shape index (κ3) is 4.67. The SMILES string of the molecule is O=C1CCc2ccc(OCCCCN3CCc4nn(-c5ccc(F)cc5)cc4C3)cc2N1. The zero-order chi connectivity index (χ0) is 21.9. The molecule has 0 radical (unpaired) electrons. The van der Waals surface area contributed by atoms with Gasteiger partial charge in [0.2, 0.25) is 5.91 Å². The molecule has 1 aromatic heterocycles. The number of rotatable bonds is 7. The minimum atomic E-state index is -0.237. The molecule has 2 aliphatic heterocycles. The zero-order valence-corrected chi connectivity index (χ0v) is 18.0. The van der Waals surface area contributed by atoms with E-state index in [0.717, 1.165) is 68.1 Å². The Morgan fingerprint density at radius 3 is 2.78 bits per heavy atom. The van der Waals surface area contributed by atoms with Crippen LogP contribution >= 0.6 is 0 Å². The average molecular weight is 435 g/mol. The van der Waals surface area contributed by atoms with Gasteiger partial charge in [-0.15, -0.1) is 0 Å². The van der Waals surface area contributed by atoms with Gasteiger partial charge in [-0.1, -0.05) is 6.07 Å². The van der Waals surface area contributed by atoms with Gasteiger partial charge in [-0.05, 0) is 61.7 Å². The number of ether oxygens (including phenoxy) is 1. The van der Waals surface area contributed by atoms with Crippen molar-refractivity contribution in [2.75, 3.05) is 25.0 Å². The summed E-state index contributed by atoms with van der Waals surface area (Å²) in [5, 5.41) is 7.60. The first-order valence-electron chi connectivity index (χ1n) is 11.3. The van der Waals surface area contributed by atoms with Crippen molar-refractivity contribution in [3.05, 3.63) is 71.3 Å². The number of benzene rings is 2. The van der Waals surface area contributed by atoms with Crippen molar-refractivity contribution in [1.82, 2.24) is 14.7 Å². The van der Waals surface area contributed by atoms with Crippen LogP contribution in [0.2, 0.25) is 0 Å². The summed E-state index contributed by atoms with van der Waals surface area (Å²) >= 11 is 0. The Hall–Kier alpha value is -3.19. The van der Waals surface area contributed by atoms with Crippen LogP contribution in [-0.2, 0) is 24.2 Å². The van der Waals surface area contributed by atoms with E-state index in [2.05, 4.69) is 21.5 Å². The Morgan fingerprint density at radius 1 is 1.03 bits per heavy atom. The minimum absolute atomic E-state index is 0.0718. The number of hydrogen-bond acceptors (Lipinski definition) is 4. The van der Waals surface area contributed by atoms with Gasteiger partial charge < -0.3 is 10.1 Å². The molecular weight excluding hydrogens is 407 g/mol. The van der Waals surface area contributed by atoms with E-state index in [1.54, 1.807) is 12.1 Å². The number of aryl methyl sites for hydroxylation is 1. The molecule has 0 unspecified atom stereocenters. The summed E-state index contributed by atoms with van der Waals surface area (Å²) in [5.41, 5.74) is 5.31. The molecule has 7 heteroatoms. The van der Waals surface area contributed by atoms with E-state index in [0.29, 0.717) is 13.0 Å². The molecule has 0 atom stereocenters. The Bertz CT molecular complexity index is 1110. The van der Waals surface area contributed by atoms with Gasteiger partial charge in [0, 0.05) is 49.4 Å². The summed E-state index contributed by atoms with van der Waals surface area (Å²) in [7, 11) is 0. The summed E-state index contributed by atoms with van der Waals surface area (Å²) in [4.78, 5) is 14.0. The van der Waals surface area contributed by atoms with Crippen molar-refractivity contribution in [2.24, 2.45) is 0 Å². The predicted molar refractivity (Wildman–Crippen MR) is 121 cm³/mol. The Morgan fingerprint density at radius 2 is 1.91 bits per heavy atom. The van der Waals surface area contributed by atoms with E-state index in [4.69, 9.17) is 4.74 Å². The van der Waals surface area contributed by atoms with Gasteiger partial charge in [-0.25, -0.2) is 9.07 Å². The third-order valence-corrected chi connectivity index (χ3v) is 6.14. The minimum Gasteiger partial charge on any atom is -0.494 e. The molecule has 166 valence electrons. The van der Waals surface area contributed by atoms with Crippen molar-refractivity contribution >= 4 is 11.6 Å². The van der Waals surface area contributed by atoms with E-state index in [-0.39, 0.29) is 11.7 Å². The van der Waals surface area contributed by atoms with Crippen LogP contribution in [0.5, 0.6) is 5.75 Å². The van der Waals surface area contributed by atoms with E-state index in [1.807, 2.05) is 22.9 Å².